The predicted molar refractivity (Wildman–Crippen MR) is 81.3 cm³/mol. The number of hydrogen-bond acceptors (Lipinski definition) is 2. The molecule has 0 saturated heterocycles. The van der Waals surface area contributed by atoms with Crippen LogP contribution in [0.1, 0.15) is 59.3 Å². The lowest BCUT2D eigenvalue weighted by Gasteiger charge is -2.32. The zero-order valence-corrected chi connectivity index (χ0v) is 13.4. The van der Waals surface area contributed by atoms with Crippen LogP contribution in [0.3, 0.4) is 0 Å². The second kappa shape index (κ2) is 8.31. The maximum absolute atomic E-state index is 11.1. The van der Waals surface area contributed by atoms with Crippen LogP contribution in [-0.4, -0.2) is 28.3 Å². The largest absolute Gasteiger partial charge is 0.311 e. The summed E-state index contributed by atoms with van der Waals surface area (Å²) in [6.07, 6.45) is 9.68. The molecule has 1 N–H and O–H groups in total. The summed E-state index contributed by atoms with van der Waals surface area (Å²) in [5.41, 5.74) is 0. The highest BCUT2D eigenvalue weighted by atomic mass is 32.2. The van der Waals surface area contributed by atoms with Crippen molar-refractivity contribution in [2.75, 3.05) is 12.0 Å². The molecule has 0 amide bonds. The highest BCUT2D eigenvalue weighted by Gasteiger charge is 2.23. The summed E-state index contributed by atoms with van der Waals surface area (Å²) in [6, 6.07) is 1.21. The van der Waals surface area contributed by atoms with Crippen molar-refractivity contribution < 1.29 is 4.21 Å². The fourth-order valence-electron chi connectivity index (χ4n) is 3.15. The van der Waals surface area contributed by atoms with E-state index < -0.39 is 10.8 Å². The molecule has 2 nitrogen and oxygen atoms in total. The van der Waals surface area contributed by atoms with Gasteiger partial charge in [0.05, 0.1) is 0 Å². The average molecular weight is 273 g/mol. The number of rotatable bonds is 7. The first-order valence-corrected chi connectivity index (χ1v) is 9.26. The third-order valence-electron chi connectivity index (χ3n) is 3.95. The van der Waals surface area contributed by atoms with Crippen molar-refractivity contribution >= 4 is 10.8 Å². The fraction of sp³-hybridized carbons (Fsp3) is 1.00. The van der Waals surface area contributed by atoms with Crippen molar-refractivity contribution in [1.82, 2.24) is 5.32 Å². The van der Waals surface area contributed by atoms with Crippen molar-refractivity contribution in [2.45, 2.75) is 71.4 Å². The predicted octanol–water partition coefficient (Wildman–Crippen LogP) is 3.34. The molecule has 0 radical (unpaired) electrons. The van der Waals surface area contributed by atoms with Crippen molar-refractivity contribution in [3.63, 3.8) is 0 Å². The van der Waals surface area contributed by atoms with Crippen LogP contribution >= 0.6 is 0 Å². The van der Waals surface area contributed by atoms with Crippen LogP contribution in [0.25, 0.3) is 0 Å². The van der Waals surface area contributed by atoms with Crippen molar-refractivity contribution in [3.8, 4) is 0 Å². The van der Waals surface area contributed by atoms with Gasteiger partial charge in [-0.3, -0.25) is 4.21 Å². The van der Waals surface area contributed by atoms with Gasteiger partial charge in [0.25, 0.3) is 0 Å². The molecule has 3 heteroatoms. The van der Waals surface area contributed by atoms with Crippen LogP contribution < -0.4 is 5.32 Å². The minimum absolute atomic E-state index is 0.511. The number of hydrogen-bond donors (Lipinski definition) is 1. The highest BCUT2D eigenvalue weighted by Crippen LogP contribution is 2.29. The molecular formula is C15H31NOS. The highest BCUT2D eigenvalue weighted by molar-refractivity contribution is 7.84. The molecular weight excluding hydrogens is 242 g/mol. The monoisotopic (exact) mass is 273 g/mol. The second-order valence-corrected chi connectivity index (χ2v) is 8.05. The van der Waals surface area contributed by atoms with E-state index in [4.69, 9.17) is 0 Å². The van der Waals surface area contributed by atoms with Gasteiger partial charge in [0.1, 0.15) is 0 Å². The van der Waals surface area contributed by atoms with Gasteiger partial charge in [-0.2, -0.15) is 0 Å². The third-order valence-corrected chi connectivity index (χ3v) is 4.76. The molecule has 4 atom stereocenters. The topological polar surface area (TPSA) is 29.1 Å². The fourth-order valence-corrected chi connectivity index (χ4v) is 3.84. The van der Waals surface area contributed by atoms with Crippen LogP contribution in [0.15, 0.2) is 0 Å². The smallest absolute Gasteiger partial charge is 0.0246 e. The van der Waals surface area contributed by atoms with Crippen LogP contribution in [0.5, 0.6) is 0 Å². The normalized spacial score (nSPS) is 28.3. The van der Waals surface area contributed by atoms with Gasteiger partial charge in [-0.05, 0) is 44.4 Å². The molecule has 108 valence electrons. The molecule has 0 aliphatic heterocycles. The molecule has 0 bridgehead atoms. The first kappa shape index (κ1) is 16.2. The third kappa shape index (κ3) is 6.89. The van der Waals surface area contributed by atoms with Crippen molar-refractivity contribution in [3.05, 3.63) is 0 Å². The van der Waals surface area contributed by atoms with Crippen LogP contribution in [0, 0.1) is 11.8 Å². The van der Waals surface area contributed by atoms with E-state index in [0.29, 0.717) is 12.1 Å². The molecule has 1 rings (SSSR count). The Morgan fingerprint density at radius 3 is 2.61 bits per heavy atom. The molecule has 0 aromatic carbocycles. The maximum Gasteiger partial charge on any atom is 0.0246 e. The van der Waals surface area contributed by atoms with Gasteiger partial charge in [0.2, 0.25) is 0 Å². The van der Waals surface area contributed by atoms with Gasteiger partial charge in [-0.25, -0.2) is 0 Å². The summed E-state index contributed by atoms with van der Waals surface area (Å²) in [7, 11) is -0.647. The molecule has 0 heterocycles. The first-order chi connectivity index (χ1) is 8.47. The average Bonchev–Trinajstić information content (AvgIpc) is 2.26. The summed E-state index contributed by atoms with van der Waals surface area (Å²) in [5, 5.41) is 3.74. The van der Waals surface area contributed by atoms with E-state index in [-0.39, 0.29) is 0 Å². The van der Waals surface area contributed by atoms with Crippen LogP contribution in [0.4, 0.5) is 0 Å². The molecule has 0 aromatic rings. The number of nitrogens with one attached hydrogen (secondary N) is 1. The van der Waals surface area contributed by atoms with E-state index in [1.165, 1.54) is 32.1 Å². The Morgan fingerprint density at radius 1 is 1.28 bits per heavy atom. The Morgan fingerprint density at radius 2 is 2.00 bits per heavy atom. The standard InChI is InChI=1S/C15H31NOS/c1-12(2)10-14-6-5-7-15(11-14)16-13(3)8-9-18(4)17/h12-16H,5-11H2,1-4H3. The van der Waals surface area contributed by atoms with Gasteiger partial charge >= 0.3 is 0 Å². The lowest BCUT2D eigenvalue weighted by Crippen LogP contribution is -2.40. The lowest BCUT2D eigenvalue weighted by atomic mass is 9.81. The lowest BCUT2D eigenvalue weighted by molar-refractivity contribution is 0.241. The Bertz CT molecular complexity index is 255. The maximum atomic E-state index is 11.1. The molecule has 4 unspecified atom stereocenters. The van der Waals surface area contributed by atoms with Gasteiger partial charge in [-0.1, -0.05) is 26.7 Å². The minimum Gasteiger partial charge on any atom is -0.311 e. The zero-order chi connectivity index (χ0) is 13.5. The van der Waals surface area contributed by atoms with Gasteiger partial charge < -0.3 is 5.32 Å². The molecule has 0 spiro atoms. The quantitative estimate of drug-likeness (QED) is 0.771. The van der Waals surface area contributed by atoms with Crippen LogP contribution in [0.2, 0.25) is 0 Å². The molecule has 1 aliphatic rings. The van der Waals surface area contributed by atoms with Gasteiger partial charge in [0.15, 0.2) is 0 Å². The Balaban J connectivity index is 2.26. The Labute approximate surface area is 116 Å². The van der Waals surface area contributed by atoms with Crippen molar-refractivity contribution in [1.29, 1.82) is 0 Å². The van der Waals surface area contributed by atoms with Gasteiger partial charge in [0, 0.05) is 34.9 Å². The summed E-state index contributed by atoms with van der Waals surface area (Å²) >= 11 is 0. The summed E-state index contributed by atoms with van der Waals surface area (Å²) < 4.78 is 11.1. The van der Waals surface area contributed by atoms with E-state index in [2.05, 4.69) is 26.1 Å². The van der Waals surface area contributed by atoms with E-state index >= 15 is 0 Å². The van der Waals surface area contributed by atoms with E-state index in [1.807, 2.05) is 0 Å². The molecule has 1 fully saturated rings. The van der Waals surface area contributed by atoms with E-state index in [9.17, 15) is 4.21 Å². The molecule has 18 heavy (non-hydrogen) atoms. The summed E-state index contributed by atoms with van der Waals surface area (Å²) in [4.78, 5) is 0. The summed E-state index contributed by atoms with van der Waals surface area (Å²) in [5.74, 6) is 2.58. The SMILES string of the molecule is CC(C)CC1CCCC(NC(C)CCS(C)=O)C1. The molecule has 1 aliphatic carbocycles. The Kier molecular flexibility index (Phi) is 7.47. The van der Waals surface area contributed by atoms with Gasteiger partial charge in [-0.15, -0.1) is 0 Å². The Hall–Kier alpha value is 0.110. The second-order valence-electron chi connectivity index (χ2n) is 6.49. The minimum atomic E-state index is -0.647. The first-order valence-electron chi connectivity index (χ1n) is 7.53. The molecule has 0 aromatic heterocycles. The van der Waals surface area contributed by atoms with Crippen LogP contribution in [-0.2, 0) is 10.8 Å². The van der Waals surface area contributed by atoms with Crippen molar-refractivity contribution in [2.24, 2.45) is 11.8 Å². The van der Waals surface area contributed by atoms with E-state index in [0.717, 1.165) is 24.0 Å². The van der Waals surface area contributed by atoms with E-state index in [1.54, 1.807) is 6.26 Å². The zero-order valence-electron chi connectivity index (χ0n) is 12.6. The summed E-state index contributed by atoms with van der Waals surface area (Å²) in [6.45, 7) is 6.89. The molecule has 1 saturated carbocycles.